The molecule has 1 aromatic heterocycles. The summed E-state index contributed by atoms with van der Waals surface area (Å²) in [5, 5.41) is 11.4. The fraction of sp³-hybridized carbons (Fsp3) is 0.133. The quantitative estimate of drug-likeness (QED) is 0.902. The number of carbonyl (C=O) groups excluding carboxylic acids is 1. The van der Waals surface area contributed by atoms with Crippen molar-refractivity contribution < 1.29 is 19.4 Å². The molecule has 6 heteroatoms. The number of rotatable bonds is 4. The largest absolute Gasteiger partial charge is 0.478 e. The monoisotopic (exact) mass is 286 g/mol. The van der Waals surface area contributed by atoms with Crippen LogP contribution in [0.3, 0.4) is 0 Å². The van der Waals surface area contributed by atoms with Crippen LogP contribution in [0.15, 0.2) is 42.5 Å². The lowest BCUT2D eigenvalue weighted by atomic mass is 10.2. The van der Waals surface area contributed by atoms with E-state index in [1.165, 1.54) is 6.07 Å². The van der Waals surface area contributed by atoms with Gasteiger partial charge in [0.15, 0.2) is 0 Å². The van der Waals surface area contributed by atoms with Crippen LogP contribution in [0.2, 0.25) is 0 Å². The summed E-state index contributed by atoms with van der Waals surface area (Å²) in [6.45, 7) is 1.80. The Kier molecular flexibility index (Phi) is 4.50. The topological polar surface area (TPSA) is 88.5 Å². The zero-order chi connectivity index (χ0) is 15.2. The van der Waals surface area contributed by atoms with Gasteiger partial charge >= 0.3 is 12.1 Å². The molecule has 0 fully saturated rings. The summed E-state index contributed by atoms with van der Waals surface area (Å²) in [7, 11) is 0. The standard InChI is InChI=1S/C15H14N2O4/c1-10-7-8-12(14(18)19)13(16-10)17-15(20)21-9-11-5-3-2-4-6-11/h2-8H,9H2,1H3,(H,18,19)(H,16,17,20). The lowest BCUT2D eigenvalue weighted by molar-refractivity contribution is 0.0697. The highest BCUT2D eigenvalue weighted by Crippen LogP contribution is 2.14. The second kappa shape index (κ2) is 6.51. The van der Waals surface area contributed by atoms with Crippen molar-refractivity contribution >= 4 is 17.9 Å². The van der Waals surface area contributed by atoms with Crippen molar-refractivity contribution in [3.05, 3.63) is 59.3 Å². The molecule has 2 rings (SSSR count). The maximum Gasteiger partial charge on any atom is 0.413 e. The molecular formula is C15H14N2O4. The predicted molar refractivity (Wildman–Crippen MR) is 76.2 cm³/mol. The highest BCUT2D eigenvalue weighted by Gasteiger charge is 2.14. The molecule has 2 aromatic rings. The van der Waals surface area contributed by atoms with E-state index in [4.69, 9.17) is 9.84 Å². The van der Waals surface area contributed by atoms with Gasteiger partial charge in [0, 0.05) is 5.69 Å². The van der Waals surface area contributed by atoms with Crippen LogP contribution in [0.5, 0.6) is 0 Å². The van der Waals surface area contributed by atoms with E-state index >= 15 is 0 Å². The van der Waals surface area contributed by atoms with E-state index in [2.05, 4.69) is 10.3 Å². The van der Waals surface area contributed by atoms with E-state index in [0.29, 0.717) is 5.69 Å². The summed E-state index contributed by atoms with van der Waals surface area (Å²) in [4.78, 5) is 26.8. The number of aromatic nitrogens is 1. The highest BCUT2D eigenvalue weighted by atomic mass is 16.5. The van der Waals surface area contributed by atoms with Crippen LogP contribution in [-0.4, -0.2) is 22.2 Å². The Balaban J connectivity index is 2.02. The Morgan fingerprint density at radius 3 is 2.57 bits per heavy atom. The molecule has 21 heavy (non-hydrogen) atoms. The van der Waals surface area contributed by atoms with Crippen molar-refractivity contribution in [3.63, 3.8) is 0 Å². The molecule has 0 bridgehead atoms. The van der Waals surface area contributed by atoms with Crippen molar-refractivity contribution in [2.45, 2.75) is 13.5 Å². The molecule has 0 aliphatic carbocycles. The number of carbonyl (C=O) groups is 2. The molecule has 0 aliphatic heterocycles. The number of carboxylic acid groups (broad SMARTS) is 1. The Hall–Kier alpha value is -2.89. The van der Waals surface area contributed by atoms with Crippen molar-refractivity contribution in [2.24, 2.45) is 0 Å². The summed E-state index contributed by atoms with van der Waals surface area (Å²) < 4.78 is 5.02. The van der Waals surface area contributed by atoms with Crippen LogP contribution in [0.25, 0.3) is 0 Å². The predicted octanol–water partition coefficient (Wildman–Crippen LogP) is 2.84. The minimum absolute atomic E-state index is 0.0273. The summed E-state index contributed by atoms with van der Waals surface area (Å²) in [5.41, 5.74) is 1.35. The first-order valence-corrected chi connectivity index (χ1v) is 6.25. The number of pyridine rings is 1. The lowest BCUT2D eigenvalue weighted by Gasteiger charge is -2.09. The van der Waals surface area contributed by atoms with Gasteiger partial charge in [0.25, 0.3) is 0 Å². The van der Waals surface area contributed by atoms with Crippen molar-refractivity contribution in [3.8, 4) is 0 Å². The van der Waals surface area contributed by atoms with E-state index in [-0.39, 0.29) is 18.0 Å². The smallest absolute Gasteiger partial charge is 0.413 e. The van der Waals surface area contributed by atoms with Gasteiger partial charge in [-0.25, -0.2) is 14.6 Å². The fourth-order valence-corrected chi connectivity index (χ4v) is 1.68. The van der Waals surface area contributed by atoms with E-state index < -0.39 is 12.1 Å². The van der Waals surface area contributed by atoms with Gasteiger partial charge in [-0.1, -0.05) is 30.3 Å². The Morgan fingerprint density at radius 2 is 1.90 bits per heavy atom. The number of aromatic carboxylic acids is 1. The van der Waals surface area contributed by atoms with Gasteiger partial charge in [0.2, 0.25) is 0 Å². The number of nitrogens with one attached hydrogen (secondary N) is 1. The highest BCUT2D eigenvalue weighted by molar-refractivity contribution is 5.97. The van der Waals surface area contributed by atoms with Crippen molar-refractivity contribution in [2.75, 3.05) is 5.32 Å². The van der Waals surface area contributed by atoms with E-state index in [0.717, 1.165) is 5.56 Å². The molecule has 0 aliphatic rings. The first-order chi connectivity index (χ1) is 10.1. The first kappa shape index (κ1) is 14.5. The molecule has 0 saturated carbocycles. The molecular weight excluding hydrogens is 272 g/mol. The number of ether oxygens (including phenoxy) is 1. The van der Waals surface area contributed by atoms with E-state index in [9.17, 15) is 9.59 Å². The van der Waals surface area contributed by atoms with E-state index in [1.807, 2.05) is 30.3 Å². The summed E-state index contributed by atoms with van der Waals surface area (Å²) >= 11 is 0. The van der Waals surface area contributed by atoms with Gasteiger partial charge in [0.1, 0.15) is 18.0 Å². The summed E-state index contributed by atoms with van der Waals surface area (Å²) in [6, 6.07) is 12.1. The molecule has 108 valence electrons. The minimum Gasteiger partial charge on any atom is -0.478 e. The van der Waals surface area contributed by atoms with Gasteiger partial charge in [-0.3, -0.25) is 5.32 Å². The molecule has 0 unspecified atom stereocenters. The molecule has 0 atom stereocenters. The third-order valence-electron chi connectivity index (χ3n) is 2.70. The number of hydrogen-bond acceptors (Lipinski definition) is 4. The Morgan fingerprint density at radius 1 is 1.19 bits per heavy atom. The van der Waals surface area contributed by atoms with Gasteiger partial charge in [-0.05, 0) is 24.6 Å². The molecule has 0 saturated heterocycles. The van der Waals surface area contributed by atoms with Crippen LogP contribution in [-0.2, 0) is 11.3 Å². The molecule has 0 radical (unpaired) electrons. The summed E-state index contributed by atoms with van der Waals surface area (Å²) in [5.74, 6) is -1.19. The zero-order valence-corrected chi connectivity index (χ0v) is 11.4. The molecule has 2 N–H and O–H groups in total. The Bertz CT molecular complexity index is 656. The molecule has 1 aromatic carbocycles. The second-order valence-electron chi connectivity index (χ2n) is 4.34. The third kappa shape index (κ3) is 4.04. The van der Waals surface area contributed by atoms with Crippen LogP contribution < -0.4 is 5.32 Å². The molecule has 0 spiro atoms. The van der Waals surface area contributed by atoms with Gasteiger partial charge in [-0.2, -0.15) is 0 Å². The normalized spacial score (nSPS) is 9.95. The number of amides is 1. The number of hydrogen-bond donors (Lipinski definition) is 2. The fourth-order valence-electron chi connectivity index (χ4n) is 1.68. The van der Waals surface area contributed by atoms with Crippen LogP contribution in [0, 0.1) is 6.92 Å². The SMILES string of the molecule is Cc1ccc(C(=O)O)c(NC(=O)OCc2ccccc2)n1. The number of anilines is 1. The molecule has 6 nitrogen and oxygen atoms in total. The zero-order valence-electron chi connectivity index (χ0n) is 11.4. The molecule has 1 heterocycles. The van der Waals surface area contributed by atoms with Crippen molar-refractivity contribution in [1.82, 2.24) is 4.98 Å². The van der Waals surface area contributed by atoms with Crippen LogP contribution in [0.1, 0.15) is 21.6 Å². The molecule has 1 amide bonds. The Labute approximate surface area is 121 Å². The maximum absolute atomic E-state index is 11.7. The van der Waals surface area contributed by atoms with Crippen LogP contribution in [0.4, 0.5) is 10.6 Å². The summed E-state index contributed by atoms with van der Waals surface area (Å²) in [6.07, 6.45) is -0.751. The average molecular weight is 286 g/mol. The van der Waals surface area contributed by atoms with E-state index in [1.54, 1.807) is 13.0 Å². The second-order valence-corrected chi connectivity index (χ2v) is 4.34. The number of nitrogens with zero attached hydrogens (tertiary/aromatic N) is 1. The maximum atomic E-state index is 11.7. The number of carboxylic acids is 1. The number of aryl methyl sites for hydroxylation is 1. The minimum atomic E-state index is -1.17. The lowest BCUT2D eigenvalue weighted by Crippen LogP contribution is -2.17. The van der Waals surface area contributed by atoms with Crippen LogP contribution >= 0.6 is 0 Å². The third-order valence-corrected chi connectivity index (χ3v) is 2.70. The van der Waals surface area contributed by atoms with Gasteiger partial charge in [0.05, 0.1) is 0 Å². The van der Waals surface area contributed by atoms with Gasteiger partial charge in [-0.15, -0.1) is 0 Å². The number of benzene rings is 1. The first-order valence-electron chi connectivity index (χ1n) is 6.25. The van der Waals surface area contributed by atoms with Crippen molar-refractivity contribution in [1.29, 1.82) is 0 Å². The average Bonchev–Trinajstić information content (AvgIpc) is 2.46. The van der Waals surface area contributed by atoms with Gasteiger partial charge < -0.3 is 9.84 Å².